The zero-order valence-corrected chi connectivity index (χ0v) is 13.0. The highest BCUT2D eigenvalue weighted by Crippen LogP contribution is 2.31. The number of hydrogen-bond donors (Lipinski definition) is 1. The summed E-state index contributed by atoms with van der Waals surface area (Å²) in [5.41, 5.74) is 3.94. The van der Waals surface area contributed by atoms with Gasteiger partial charge in [-0.2, -0.15) is 0 Å². The van der Waals surface area contributed by atoms with E-state index in [1.165, 1.54) is 5.56 Å². The molecule has 2 unspecified atom stereocenters. The SMILES string of the molecule is CCC(C)c1ccc(C(O)c2cccc(C)c2Cl)cc1. The van der Waals surface area contributed by atoms with E-state index in [2.05, 4.69) is 26.0 Å². The van der Waals surface area contributed by atoms with Gasteiger partial charge in [0.15, 0.2) is 0 Å². The zero-order chi connectivity index (χ0) is 14.7. The molecule has 2 atom stereocenters. The molecule has 2 aromatic rings. The zero-order valence-electron chi connectivity index (χ0n) is 12.2. The first-order valence-electron chi connectivity index (χ1n) is 7.07. The van der Waals surface area contributed by atoms with E-state index in [-0.39, 0.29) is 0 Å². The molecule has 0 aliphatic rings. The minimum Gasteiger partial charge on any atom is -0.384 e. The molecule has 0 amide bonds. The summed E-state index contributed by atoms with van der Waals surface area (Å²) in [6.07, 6.45) is 0.444. The van der Waals surface area contributed by atoms with Gasteiger partial charge in [-0.3, -0.25) is 0 Å². The quantitative estimate of drug-likeness (QED) is 0.815. The second-order valence-corrected chi connectivity index (χ2v) is 5.73. The van der Waals surface area contributed by atoms with Crippen molar-refractivity contribution in [3.05, 3.63) is 69.7 Å². The molecule has 0 saturated carbocycles. The van der Waals surface area contributed by atoms with Gasteiger partial charge in [0.05, 0.1) is 0 Å². The summed E-state index contributed by atoms with van der Waals surface area (Å²) in [5.74, 6) is 0.545. The van der Waals surface area contributed by atoms with Crippen LogP contribution in [0, 0.1) is 6.92 Å². The summed E-state index contributed by atoms with van der Waals surface area (Å²) in [4.78, 5) is 0. The fraction of sp³-hybridized carbons (Fsp3) is 0.333. The maximum Gasteiger partial charge on any atom is 0.105 e. The summed E-state index contributed by atoms with van der Waals surface area (Å²) in [7, 11) is 0. The van der Waals surface area contributed by atoms with Gasteiger partial charge in [0.1, 0.15) is 6.10 Å². The van der Waals surface area contributed by atoms with Crippen molar-refractivity contribution < 1.29 is 5.11 Å². The summed E-state index contributed by atoms with van der Waals surface area (Å²) in [5, 5.41) is 11.1. The number of hydrogen-bond acceptors (Lipinski definition) is 1. The maximum atomic E-state index is 10.5. The summed E-state index contributed by atoms with van der Waals surface area (Å²) in [6.45, 7) is 6.34. The van der Waals surface area contributed by atoms with E-state index >= 15 is 0 Å². The first-order chi connectivity index (χ1) is 9.54. The predicted octanol–water partition coefficient (Wildman–Crippen LogP) is 5.24. The molecular weight excluding hydrogens is 268 g/mol. The van der Waals surface area contributed by atoms with Crippen LogP contribution in [0.1, 0.15) is 54.5 Å². The number of aliphatic hydroxyl groups excluding tert-OH is 1. The van der Waals surface area contributed by atoms with Crippen LogP contribution < -0.4 is 0 Å². The lowest BCUT2D eigenvalue weighted by Crippen LogP contribution is -2.02. The van der Waals surface area contributed by atoms with Gasteiger partial charge in [0, 0.05) is 10.6 Å². The molecule has 1 N–H and O–H groups in total. The van der Waals surface area contributed by atoms with E-state index in [4.69, 9.17) is 11.6 Å². The number of aliphatic hydroxyl groups is 1. The largest absolute Gasteiger partial charge is 0.384 e. The molecule has 0 aliphatic carbocycles. The van der Waals surface area contributed by atoms with Crippen molar-refractivity contribution in [3.8, 4) is 0 Å². The van der Waals surface area contributed by atoms with Gasteiger partial charge in [0.25, 0.3) is 0 Å². The lowest BCUT2D eigenvalue weighted by atomic mass is 9.94. The van der Waals surface area contributed by atoms with Crippen molar-refractivity contribution in [2.75, 3.05) is 0 Å². The Bertz CT molecular complexity index is 574. The van der Waals surface area contributed by atoms with E-state index < -0.39 is 6.10 Å². The van der Waals surface area contributed by atoms with Crippen LogP contribution in [0.5, 0.6) is 0 Å². The monoisotopic (exact) mass is 288 g/mol. The highest BCUT2D eigenvalue weighted by Gasteiger charge is 2.15. The van der Waals surface area contributed by atoms with Crippen molar-refractivity contribution in [2.45, 2.75) is 39.2 Å². The number of benzene rings is 2. The van der Waals surface area contributed by atoms with E-state index in [9.17, 15) is 5.11 Å². The van der Waals surface area contributed by atoms with E-state index in [1.807, 2.05) is 37.3 Å². The topological polar surface area (TPSA) is 20.2 Å². The van der Waals surface area contributed by atoms with Gasteiger partial charge in [-0.15, -0.1) is 0 Å². The molecule has 2 rings (SSSR count). The number of aryl methyl sites for hydroxylation is 1. The molecule has 0 fully saturated rings. The van der Waals surface area contributed by atoms with Crippen LogP contribution in [0.4, 0.5) is 0 Å². The van der Waals surface area contributed by atoms with Crippen LogP contribution >= 0.6 is 11.6 Å². The molecule has 20 heavy (non-hydrogen) atoms. The molecular formula is C18H21ClO. The van der Waals surface area contributed by atoms with Gasteiger partial charge in [-0.1, -0.05) is 67.9 Å². The average Bonchev–Trinajstić information content (AvgIpc) is 2.48. The Labute approximate surface area is 126 Å². The minimum atomic E-state index is -0.673. The first-order valence-corrected chi connectivity index (χ1v) is 7.45. The lowest BCUT2D eigenvalue weighted by Gasteiger charge is -2.16. The van der Waals surface area contributed by atoms with Crippen molar-refractivity contribution in [3.63, 3.8) is 0 Å². The van der Waals surface area contributed by atoms with Crippen LogP contribution in [-0.4, -0.2) is 5.11 Å². The van der Waals surface area contributed by atoms with E-state index in [0.717, 1.165) is 23.1 Å². The van der Waals surface area contributed by atoms with Crippen LogP contribution in [0.2, 0.25) is 5.02 Å². The Morgan fingerprint density at radius 1 is 1.05 bits per heavy atom. The highest BCUT2D eigenvalue weighted by atomic mass is 35.5. The third-order valence-electron chi connectivity index (χ3n) is 3.95. The fourth-order valence-electron chi connectivity index (χ4n) is 2.30. The van der Waals surface area contributed by atoms with Crippen molar-refractivity contribution in [2.24, 2.45) is 0 Å². The van der Waals surface area contributed by atoms with Gasteiger partial charge in [-0.05, 0) is 36.0 Å². The van der Waals surface area contributed by atoms with E-state index in [0.29, 0.717) is 10.9 Å². The summed E-state index contributed by atoms with van der Waals surface area (Å²) >= 11 is 6.28. The molecule has 0 aliphatic heterocycles. The normalized spacial score (nSPS) is 14.1. The van der Waals surface area contributed by atoms with Crippen LogP contribution in [0.15, 0.2) is 42.5 Å². The molecule has 0 bridgehead atoms. The lowest BCUT2D eigenvalue weighted by molar-refractivity contribution is 0.220. The molecule has 1 nitrogen and oxygen atoms in total. The Morgan fingerprint density at radius 3 is 2.25 bits per heavy atom. The van der Waals surface area contributed by atoms with Gasteiger partial charge >= 0.3 is 0 Å². The third kappa shape index (κ3) is 3.05. The molecule has 0 saturated heterocycles. The number of halogens is 1. The average molecular weight is 289 g/mol. The Kier molecular flexibility index (Phi) is 4.85. The van der Waals surface area contributed by atoms with Gasteiger partial charge < -0.3 is 5.11 Å². The first kappa shape index (κ1) is 15.1. The van der Waals surface area contributed by atoms with Crippen LogP contribution in [0.25, 0.3) is 0 Å². The number of rotatable bonds is 4. The van der Waals surface area contributed by atoms with E-state index in [1.54, 1.807) is 0 Å². The fourth-order valence-corrected chi connectivity index (χ4v) is 2.53. The standard InChI is InChI=1S/C18H21ClO/c1-4-12(2)14-8-10-15(11-9-14)18(20)16-7-5-6-13(3)17(16)19/h5-12,18,20H,4H2,1-3H3. The molecule has 0 aromatic heterocycles. The Morgan fingerprint density at radius 2 is 1.65 bits per heavy atom. The smallest absolute Gasteiger partial charge is 0.105 e. The summed E-state index contributed by atoms with van der Waals surface area (Å²) < 4.78 is 0. The van der Waals surface area contributed by atoms with Crippen molar-refractivity contribution in [1.29, 1.82) is 0 Å². The maximum absolute atomic E-state index is 10.5. The molecule has 0 heterocycles. The van der Waals surface area contributed by atoms with Gasteiger partial charge in [-0.25, -0.2) is 0 Å². The molecule has 2 heteroatoms. The van der Waals surface area contributed by atoms with Crippen LogP contribution in [-0.2, 0) is 0 Å². The Hall–Kier alpha value is -1.31. The molecule has 0 radical (unpaired) electrons. The van der Waals surface area contributed by atoms with Crippen molar-refractivity contribution >= 4 is 11.6 Å². The second kappa shape index (κ2) is 6.43. The predicted molar refractivity (Wildman–Crippen MR) is 85.4 cm³/mol. The summed E-state index contributed by atoms with van der Waals surface area (Å²) in [6, 6.07) is 13.9. The molecule has 2 aromatic carbocycles. The Balaban J connectivity index is 2.29. The third-order valence-corrected chi connectivity index (χ3v) is 4.47. The van der Waals surface area contributed by atoms with Crippen LogP contribution in [0.3, 0.4) is 0 Å². The molecule has 106 valence electrons. The van der Waals surface area contributed by atoms with Gasteiger partial charge in [0.2, 0.25) is 0 Å². The minimum absolute atomic E-state index is 0.545. The highest BCUT2D eigenvalue weighted by molar-refractivity contribution is 6.32. The second-order valence-electron chi connectivity index (χ2n) is 5.36. The molecule has 0 spiro atoms. The van der Waals surface area contributed by atoms with Crippen molar-refractivity contribution in [1.82, 2.24) is 0 Å².